The predicted molar refractivity (Wildman–Crippen MR) is 48.8 cm³/mol. The van der Waals surface area contributed by atoms with Gasteiger partial charge < -0.3 is 29.8 Å². The van der Waals surface area contributed by atoms with Gasteiger partial charge in [0, 0.05) is 6.54 Å². The molecule has 0 heterocycles. The third kappa shape index (κ3) is 5.17. The Labute approximate surface area is 85.3 Å². The van der Waals surface area contributed by atoms with Gasteiger partial charge in [0.1, 0.15) is 0 Å². The molecule has 0 unspecified atom stereocenters. The Morgan fingerprint density at radius 2 is 1.27 bits per heavy atom. The van der Waals surface area contributed by atoms with E-state index in [0.717, 1.165) is 0 Å². The van der Waals surface area contributed by atoms with Crippen LogP contribution in [0.15, 0.2) is 0 Å². The Morgan fingerprint density at radius 3 is 1.47 bits per heavy atom. The molecule has 0 saturated heterocycles. The van der Waals surface area contributed by atoms with Crippen molar-refractivity contribution < 1.29 is 38.9 Å². The molecular weight excluding hydrogens is 252 g/mol. The zero-order chi connectivity index (χ0) is 12.3. The van der Waals surface area contributed by atoms with E-state index in [1.54, 1.807) is 0 Å². The minimum absolute atomic E-state index is 0.669. The van der Waals surface area contributed by atoms with Gasteiger partial charge in [-0.25, -0.2) is 0 Å². The maximum atomic E-state index is 10.8. The molecule has 0 spiro atoms. The number of hydrogen-bond acceptors (Lipinski definition) is 5. The van der Waals surface area contributed by atoms with Crippen molar-refractivity contribution in [2.24, 2.45) is 0 Å². The smallest absolute Gasteiger partial charge is 0.342 e. The Morgan fingerprint density at radius 1 is 0.933 bits per heavy atom. The fourth-order valence-electron chi connectivity index (χ4n) is 0.800. The predicted octanol–water partition coefficient (Wildman–Crippen LogP) is -2.13. The van der Waals surface area contributed by atoms with E-state index < -0.39 is 40.6 Å². The monoisotopic (exact) mass is 265 g/mol. The van der Waals surface area contributed by atoms with E-state index in [2.05, 4.69) is 0 Å². The molecule has 0 aliphatic rings. The van der Waals surface area contributed by atoms with Crippen molar-refractivity contribution in [3.8, 4) is 0 Å². The van der Waals surface area contributed by atoms with E-state index in [4.69, 9.17) is 29.8 Å². The minimum atomic E-state index is -5.00. The van der Waals surface area contributed by atoms with E-state index in [1.165, 1.54) is 0 Å². The summed E-state index contributed by atoms with van der Waals surface area (Å²) >= 11 is 0. The van der Waals surface area contributed by atoms with Crippen molar-refractivity contribution in [2.45, 2.75) is 5.40 Å². The largest absolute Gasteiger partial charge is 0.381 e. The summed E-state index contributed by atoms with van der Waals surface area (Å²) in [6.07, 6.45) is 0. The Balaban J connectivity index is 4.84. The van der Waals surface area contributed by atoms with Gasteiger partial charge in [-0.1, -0.05) is 0 Å². The number of aliphatic hydroxyl groups is 2. The fraction of sp³-hybridized carbons (Fsp3) is 1.00. The Bertz CT molecular complexity index is 256. The zero-order valence-electron chi connectivity index (χ0n) is 7.54. The van der Waals surface area contributed by atoms with Crippen LogP contribution in [0.3, 0.4) is 0 Å². The van der Waals surface area contributed by atoms with Crippen molar-refractivity contribution >= 4 is 15.2 Å². The molecule has 0 aromatic heterocycles. The van der Waals surface area contributed by atoms with Crippen LogP contribution in [0.25, 0.3) is 0 Å². The van der Waals surface area contributed by atoms with E-state index in [0.29, 0.717) is 4.90 Å². The van der Waals surface area contributed by atoms with Crippen LogP contribution >= 0.6 is 15.2 Å². The lowest BCUT2D eigenvalue weighted by atomic mass is 10.6. The second-order valence-corrected chi connectivity index (χ2v) is 6.81. The van der Waals surface area contributed by atoms with Crippen molar-refractivity contribution in [2.75, 3.05) is 20.0 Å². The highest BCUT2D eigenvalue weighted by Crippen LogP contribution is 2.59. The lowest BCUT2D eigenvalue weighted by molar-refractivity contribution is 0.0310. The maximum Gasteiger partial charge on any atom is 0.342 e. The normalized spacial score (nSPS) is 13.9. The SMILES string of the molecule is O=P(O)(O)C(CN(CO)CO)P(=O)(O)O. The van der Waals surface area contributed by atoms with Crippen LogP contribution < -0.4 is 0 Å². The molecule has 92 valence electrons. The van der Waals surface area contributed by atoms with Crippen LogP contribution in [0.5, 0.6) is 0 Å². The highest BCUT2D eigenvalue weighted by atomic mass is 31.2. The minimum Gasteiger partial charge on any atom is -0.381 e. The molecule has 0 rings (SSSR count). The molecule has 0 aliphatic heterocycles. The summed E-state index contributed by atoms with van der Waals surface area (Å²) in [7, 11) is -10.0. The van der Waals surface area contributed by atoms with Crippen LogP contribution in [0, 0.1) is 0 Å². The van der Waals surface area contributed by atoms with Crippen molar-refractivity contribution in [1.29, 1.82) is 0 Å². The maximum absolute atomic E-state index is 10.8. The first-order valence-corrected chi connectivity index (χ1v) is 7.03. The molecule has 15 heavy (non-hydrogen) atoms. The molecule has 9 nitrogen and oxygen atoms in total. The molecule has 6 N–H and O–H groups in total. The van der Waals surface area contributed by atoms with Gasteiger partial charge in [0.15, 0.2) is 5.40 Å². The summed E-state index contributed by atoms with van der Waals surface area (Å²) in [5, 5.41) is 14.9. The molecule has 0 saturated carbocycles. The van der Waals surface area contributed by atoms with Crippen molar-refractivity contribution in [1.82, 2.24) is 4.90 Å². The third-order valence-corrected chi connectivity index (χ3v) is 5.28. The third-order valence-electron chi connectivity index (χ3n) is 1.60. The van der Waals surface area contributed by atoms with Crippen LogP contribution in [0.1, 0.15) is 0 Å². The Kier molecular flexibility index (Phi) is 5.56. The van der Waals surface area contributed by atoms with Crippen LogP contribution in [0.2, 0.25) is 0 Å². The van der Waals surface area contributed by atoms with Gasteiger partial charge in [-0.15, -0.1) is 0 Å². The highest BCUT2D eigenvalue weighted by molar-refractivity contribution is 7.70. The molecule has 0 radical (unpaired) electrons. The zero-order valence-corrected chi connectivity index (χ0v) is 9.33. The van der Waals surface area contributed by atoms with Gasteiger partial charge in [-0.2, -0.15) is 0 Å². The average Bonchev–Trinajstić information content (AvgIpc) is 2.01. The van der Waals surface area contributed by atoms with Gasteiger partial charge in [-0.3, -0.25) is 14.0 Å². The molecule has 0 aromatic carbocycles. The summed E-state index contributed by atoms with van der Waals surface area (Å²) in [5.41, 5.74) is 0. The summed E-state index contributed by atoms with van der Waals surface area (Å²) in [6.45, 7) is -2.35. The molecule has 0 bridgehead atoms. The molecular formula is C4H13NO8P2. The van der Waals surface area contributed by atoms with E-state index in [-0.39, 0.29) is 0 Å². The van der Waals surface area contributed by atoms with Gasteiger partial charge in [-0.05, 0) is 0 Å². The van der Waals surface area contributed by atoms with Gasteiger partial charge >= 0.3 is 15.2 Å². The second-order valence-electron chi connectivity index (χ2n) is 2.80. The van der Waals surface area contributed by atoms with E-state index >= 15 is 0 Å². The fourth-order valence-corrected chi connectivity index (χ4v) is 3.25. The number of aliphatic hydroxyl groups excluding tert-OH is 2. The Hall–Kier alpha value is 0.180. The first-order valence-electron chi connectivity index (χ1n) is 3.67. The molecule has 0 aliphatic carbocycles. The van der Waals surface area contributed by atoms with Gasteiger partial charge in [0.25, 0.3) is 0 Å². The average molecular weight is 265 g/mol. The van der Waals surface area contributed by atoms with Crippen LogP contribution in [-0.4, -0.2) is 60.1 Å². The summed E-state index contributed by atoms with van der Waals surface area (Å²) < 4.78 is 21.5. The molecule has 0 fully saturated rings. The second kappa shape index (κ2) is 5.49. The van der Waals surface area contributed by atoms with Crippen LogP contribution in [0.4, 0.5) is 0 Å². The standard InChI is InChI=1S/C4H13NO8P2/c6-2-5(3-7)1-4(14(8,9)10)15(11,12)13/h4,6-7H,1-3H2,(H2,8,9,10)(H2,11,12,13). The van der Waals surface area contributed by atoms with E-state index in [1.807, 2.05) is 0 Å². The number of hydrogen-bond donors (Lipinski definition) is 6. The molecule has 0 aromatic rings. The first kappa shape index (κ1) is 15.2. The highest BCUT2D eigenvalue weighted by Gasteiger charge is 2.44. The van der Waals surface area contributed by atoms with E-state index in [9.17, 15) is 9.13 Å². The summed E-state index contributed by atoms with van der Waals surface area (Å²) in [5.74, 6) is 0. The molecule has 0 amide bonds. The lowest BCUT2D eigenvalue weighted by Crippen LogP contribution is -2.34. The number of rotatable bonds is 6. The molecule has 0 atom stereocenters. The topological polar surface area (TPSA) is 159 Å². The summed E-state index contributed by atoms with van der Waals surface area (Å²) in [6, 6.07) is 0. The first-order chi connectivity index (χ1) is 6.62. The van der Waals surface area contributed by atoms with Crippen molar-refractivity contribution in [3.63, 3.8) is 0 Å². The van der Waals surface area contributed by atoms with Crippen molar-refractivity contribution in [3.05, 3.63) is 0 Å². The lowest BCUT2D eigenvalue weighted by Gasteiger charge is -2.24. The van der Waals surface area contributed by atoms with Gasteiger partial charge in [0.2, 0.25) is 0 Å². The number of nitrogens with zero attached hydrogens (tertiary/aromatic N) is 1. The quantitative estimate of drug-likeness (QED) is 0.233. The summed E-state index contributed by atoms with van der Waals surface area (Å²) in [4.78, 5) is 35.4. The van der Waals surface area contributed by atoms with Crippen LogP contribution in [-0.2, 0) is 9.13 Å². The van der Waals surface area contributed by atoms with Gasteiger partial charge in [0.05, 0.1) is 13.5 Å². The molecule has 11 heteroatoms.